The van der Waals surface area contributed by atoms with E-state index in [2.05, 4.69) is 17.3 Å². The highest BCUT2D eigenvalue weighted by Crippen LogP contribution is 2.28. The molecule has 1 aromatic carbocycles. The molecule has 3 N–H and O–H groups in total. The Hall–Kier alpha value is -2.17. The number of hydrogen-bond acceptors (Lipinski definition) is 4. The summed E-state index contributed by atoms with van der Waals surface area (Å²) in [6.45, 7) is 6.90. The zero-order valence-electron chi connectivity index (χ0n) is 12.5. The van der Waals surface area contributed by atoms with Crippen LogP contribution in [0.25, 0.3) is 0 Å². The lowest BCUT2D eigenvalue weighted by molar-refractivity contribution is 0.412. The molecule has 0 aliphatic heterocycles. The Morgan fingerprint density at radius 1 is 1.35 bits per heavy atom. The summed E-state index contributed by atoms with van der Waals surface area (Å²) < 4.78 is 7.19. The molecule has 1 heterocycles. The molecule has 0 saturated heterocycles. The molecule has 2 rings (SSSR count). The maximum atomic E-state index is 6.11. The largest absolute Gasteiger partial charge is 0.496 e. The van der Waals surface area contributed by atoms with Crippen LogP contribution in [0.15, 0.2) is 18.2 Å². The summed E-state index contributed by atoms with van der Waals surface area (Å²) in [5.41, 5.74) is 9.72. The summed E-state index contributed by atoms with van der Waals surface area (Å²) >= 11 is 0. The van der Waals surface area contributed by atoms with Crippen molar-refractivity contribution in [3.63, 3.8) is 0 Å². The third-order valence-corrected chi connectivity index (χ3v) is 3.27. The second-order valence-corrected chi connectivity index (χ2v) is 4.88. The molecule has 5 heteroatoms. The number of ether oxygens (including phenoxy) is 1. The number of nitrogens with zero attached hydrogens (tertiary/aromatic N) is 2. The Labute approximate surface area is 119 Å². The van der Waals surface area contributed by atoms with Gasteiger partial charge in [-0.2, -0.15) is 5.10 Å². The van der Waals surface area contributed by atoms with Gasteiger partial charge in [-0.25, -0.2) is 4.68 Å². The Morgan fingerprint density at radius 2 is 2.10 bits per heavy atom. The van der Waals surface area contributed by atoms with Gasteiger partial charge in [-0.1, -0.05) is 6.92 Å². The first-order chi connectivity index (χ1) is 9.56. The fourth-order valence-electron chi connectivity index (χ4n) is 2.19. The van der Waals surface area contributed by atoms with E-state index in [4.69, 9.17) is 10.5 Å². The third kappa shape index (κ3) is 2.71. The first kappa shape index (κ1) is 14.2. The van der Waals surface area contributed by atoms with Crippen LogP contribution in [0.4, 0.5) is 17.2 Å². The van der Waals surface area contributed by atoms with Crippen molar-refractivity contribution in [2.24, 2.45) is 0 Å². The van der Waals surface area contributed by atoms with E-state index in [1.165, 1.54) is 0 Å². The van der Waals surface area contributed by atoms with E-state index in [0.29, 0.717) is 5.69 Å². The summed E-state index contributed by atoms with van der Waals surface area (Å²) in [4.78, 5) is 0. The first-order valence-corrected chi connectivity index (χ1v) is 6.81. The van der Waals surface area contributed by atoms with Gasteiger partial charge < -0.3 is 15.8 Å². The molecule has 0 atom stereocenters. The van der Waals surface area contributed by atoms with E-state index < -0.39 is 0 Å². The zero-order valence-corrected chi connectivity index (χ0v) is 12.5. The number of rotatable bonds is 5. The second-order valence-electron chi connectivity index (χ2n) is 4.88. The Morgan fingerprint density at radius 3 is 2.70 bits per heavy atom. The van der Waals surface area contributed by atoms with E-state index in [1.807, 2.05) is 36.7 Å². The number of benzene rings is 1. The molecule has 0 radical (unpaired) electrons. The van der Waals surface area contributed by atoms with Crippen molar-refractivity contribution >= 4 is 17.2 Å². The van der Waals surface area contributed by atoms with Gasteiger partial charge >= 0.3 is 0 Å². The maximum absolute atomic E-state index is 6.11. The van der Waals surface area contributed by atoms with Crippen molar-refractivity contribution in [2.45, 2.75) is 33.7 Å². The van der Waals surface area contributed by atoms with Gasteiger partial charge in [-0.3, -0.25) is 0 Å². The van der Waals surface area contributed by atoms with E-state index in [1.54, 1.807) is 7.11 Å². The van der Waals surface area contributed by atoms with Gasteiger partial charge in [0.2, 0.25) is 0 Å². The van der Waals surface area contributed by atoms with Gasteiger partial charge in [-0.05, 0) is 44.0 Å². The predicted octanol–water partition coefficient (Wildman–Crippen LogP) is 3.24. The normalized spacial score (nSPS) is 10.6. The molecule has 0 spiro atoms. The molecule has 0 aliphatic rings. The van der Waals surface area contributed by atoms with Crippen molar-refractivity contribution in [3.8, 4) is 5.75 Å². The van der Waals surface area contributed by atoms with E-state index in [-0.39, 0.29) is 0 Å². The molecule has 0 bridgehead atoms. The summed E-state index contributed by atoms with van der Waals surface area (Å²) in [6.07, 6.45) is 1.01. The molecule has 0 unspecified atom stereocenters. The quantitative estimate of drug-likeness (QED) is 0.878. The summed E-state index contributed by atoms with van der Waals surface area (Å²) in [5, 5.41) is 7.82. The molecule has 2 aromatic rings. The summed E-state index contributed by atoms with van der Waals surface area (Å²) in [5.74, 6) is 1.73. The van der Waals surface area contributed by atoms with Gasteiger partial charge in [0, 0.05) is 12.2 Å². The number of aromatic nitrogens is 2. The van der Waals surface area contributed by atoms with Gasteiger partial charge in [-0.15, -0.1) is 0 Å². The maximum Gasteiger partial charge on any atom is 0.152 e. The van der Waals surface area contributed by atoms with Crippen molar-refractivity contribution in [1.29, 1.82) is 0 Å². The molecule has 0 aliphatic carbocycles. The molecular formula is C15H22N4O. The summed E-state index contributed by atoms with van der Waals surface area (Å²) in [6, 6.07) is 5.96. The van der Waals surface area contributed by atoms with Crippen LogP contribution in [0.3, 0.4) is 0 Å². The highest BCUT2D eigenvalue weighted by molar-refractivity contribution is 5.71. The lowest BCUT2D eigenvalue weighted by Gasteiger charge is -2.12. The molecule has 0 saturated carbocycles. The number of nitrogen functional groups attached to an aromatic ring is 1. The smallest absolute Gasteiger partial charge is 0.152 e. The van der Waals surface area contributed by atoms with Crippen LogP contribution in [0.2, 0.25) is 0 Å². The predicted molar refractivity (Wildman–Crippen MR) is 82.7 cm³/mol. The van der Waals surface area contributed by atoms with Crippen LogP contribution in [0.5, 0.6) is 5.75 Å². The number of hydrogen-bond donors (Lipinski definition) is 2. The number of aryl methyl sites for hydroxylation is 3. The lowest BCUT2D eigenvalue weighted by Crippen LogP contribution is -2.05. The highest BCUT2D eigenvalue weighted by atomic mass is 16.5. The molecule has 108 valence electrons. The Kier molecular flexibility index (Phi) is 4.17. The lowest BCUT2D eigenvalue weighted by atomic mass is 10.2. The van der Waals surface area contributed by atoms with Crippen LogP contribution in [0.1, 0.15) is 24.6 Å². The monoisotopic (exact) mass is 274 g/mol. The third-order valence-electron chi connectivity index (χ3n) is 3.27. The standard InChI is InChI=1S/C15H22N4O/c1-5-8-19-15(14(16)11(3)18-19)17-12-6-7-13(20-4)10(2)9-12/h6-7,9,17H,5,8,16H2,1-4H3. The van der Waals surface area contributed by atoms with Gasteiger partial charge in [0.1, 0.15) is 5.75 Å². The average molecular weight is 274 g/mol. The molecule has 5 nitrogen and oxygen atoms in total. The van der Waals surface area contributed by atoms with Crippen molar-refractivity contribution in [3.05, 3.63) is 29.5 Å². The van der Waals surface area contributed by atoms with Crippen LogP contribution in [-0.4, -0.2) is 16.9 Å². The molecule has 0 fully saturated rings. The number of nitrogens with two attached hydrogens (primary N) is 1. The topological polar surface area (TPSA) is 65.1 Å². The molecule has 1 aromatic heterocycles. The number of methoxy groups -OCH3 is 1. The van der Waals surface area contributed by atoms with E-state index in [9.17, 15) is 0 Å². The Bertz CT molecular complexity index is 604. The minimum Gasteiger partial charge on any atom is -0.496 e. The number of nitrogens with one attached hydrogen (secondary N) is 1. The van der Waals surface area contributed by atoms with Crippen molar-refractivity contribution in [1.82, 2.24) is 9.78 Å². The van der Waals surface area contributed by atoms with Crippen LogP contribution >= 0.6 is 0 Å². The molecule has 0 amide bonds. The highest BCUT2D eigenvalue weighted by Gasteiger charge is 2.12. The fraction of sp³-hybridized carbons (Fsp3) is 0.400. The van der Waals surface area contributed by atoms with E-state index >= 15 is 0 Å². The van der Waals surface area contributed by atoms with Crippen LogP contribution in [-0.2, 0) is 6.54 Å². The minimum absolute atomic E-state index is 0.701. The van der Waals surface area contributed by atoms with Crippen molar-refractivity contribution in [2.75, 3.05) is 18.2 Å². The van der Waals surface area contributed by atoms with E-state index in [0.717, 1.165) is 41.5 Å². The van der Waals surface area contributed by atoms with Gasteiger partial charge in [0.15, 0.2) is 5.82 Å². The minimum atomic E-state index is 0.701. The fourth-order valence-corrected chi connectivity index (χ4v) is 2.19. The number of anilines is 3. The van der Waals surface area contributed by atoms with Gasteiger partial charge in [0.25, 0.3) is 0 Å². The summed E-state index contributed by atoms with van der Waals surface area (Å²) in [7, 11) is 1.67. The van der Waals surface area contributed by atoms with Crippen LogP contribution in [0, 0.1) is 13.8 Å². The molecular weight excluding hydrogens is 252 g/mol. The zero-order chi connectivity index (χ0) is 14.7. The van der Waals surface area contributed by atoms with Crippen LogP contribution < -0.4 is 15.8 Å². The van der Waals surface area contributed by atoms with Gasteiger partial charge in [0.05, 0.1) is 18.5 Å². The SMILES string of the molecule is CCCn1nc(C)c(N)c1Nc1ccc(OC)c(C)c1. The van der Waals surface area contributed by atoms with Crippen molar-refractivity contribution < 1.29 is 4.74 Å². The average Bonchev–Trinajstić information content (AvgIpc) is 2.67. The second kappa shape index (κ2) is 5.86. The Balaban J connectivity index is 2.32. The molecule has 20 heavy (non-hydrogen) atoms. The first-order valence-electron chi connectivity index (χ1n) is 6.81.